The Kier molecular flexibility index (Phi) is 5.88. The maximum atomic E-state index is 13.2. The Morgan fingerprint density at radius 1 is 1.23 bits per heavy atom. The highest BCUT2D eigenvalue weighted by Crippen LogP contribution is 2.30. The number of rotatable bonds is 6. The minimum Gasteiger partial charge on any atom is -0.435 e. The van der Waals surface area contributed by atoms with Gasteiger partial charge in [-0.15, -0.1) is 0 Å². The lowest BCUT2D eigenvalue weighted by Gasteiger charge is -2.22. The lowest BCUT2D eigenvalue weighted by Crippen LogP contribution is -2.42. The number of imide groups is 1. The normalized spacial score (nSPS) is 18.5. The van der Waals surface area contributed by atoms with E-state index >= 15 is 0 Å². The maximum absolute atomic E-state index is 13.2. The van der Waals surface area contributed by atoms with E-state index in [2.05, 4.69) is 15.4 Å². The molecule has 3 rings (SSSR count). The Balaban J connectivity index is 1.71. The van der Waals surface area contributed by atoms with E-state index in [-0.39, 0.29) is 16.5 Å². The molecule has 1 unspecified atom stereocenters. The summed E-state index contributed by atoms with van der Waals surface area (Å²) < 4.78 is 42.0. The van der Waals surface area contributed by atoms with E-state index in [0.717, 1.165) is 6.07 Å². The van der Waals surface area contributed by atoms with E-state index in [1.54, 1.807) is 0 Å². The molecular formula is C19H15ClF3N3O4. The molecule has 1 aliphatic heterocycles. The molecule has 1 fully saturated rings. The zero-order valence-electron chi connectivity index (χ0n) is 15.4. The molecule has 0 bridgehead atoms. The smallest absolute Gasteiger partial charge is 0.387 e. The predicted octanol–water partition coefficient (Wildman–Crippen LogP) is 3.49. The van der Waals surface area contributed by atoms with Crippen LogP contribution in [0.2, 0.25) is 5.02 Å². The van der Waals surface area contributed by atoms with Crippen LogP contribution in [0.5, 0.6) is 5.75 Å². The topological polar surface area (TPSA) is 87.7 Å². The van der Waals surface area contributed by atoms with Crippen molar-refractivity contribution in [1.82, 2.24) is 10.2 Å². The number of ether oxygens (including phenoxy) is 1. The van der Waals surface area contributed by atoms with Gasteiger partial charge in [-0.25, -0.2) is 9.18 Å². The molecule has 158 valence electrons. The van der Waals surface area contributed by atoms with Crippen molar-refractivity contribution >= 4 is 35.1 Å². The zero-order chi connectivity index (χ0) is 22.1. The molecule has 11 heteroatoms. The van der Waals surface area contributed by atoms with Crippen LogP contribution in [0.3, 0.4) is 0 Å². The van der Waals surface area contributed by atoms with E-state index in [9.17, 15) is 27.6 Å². The van der Waals surface area contributed by atoms with Gasteiger partial charge in [-0.3, -0.25) is 14.5 Å². The van der Waals surface area contributed by atoms with Gasteiger partial charge in [0.2, 0.25) is 5.91 Å². The number of urea groups is 1. The molecule has 1 heterocycles. The Hall–Kier alpha value is -3.27. The van der Waals surface area contributed by atoms with Crippen LogP contribution in [-0.4, -0.2) is 35.9 Å². The van der Waals surface area contributed by atoms with Crippen LogP contribution < -0.4 is 15.4 Å². The van der Waals surface area contributed by atoms with E-state index in [1.165, 1.54) is 43.3 Å². The molecule has 0 spiro atoms. The second kappa shape index (κ2) is 8.23. The number of amides is 4. The largest absolute Gasteiger partial charge is 0.435 e. The van der Waals surface area contributed by atoms with Crippen LogP contribution in [0.25, 0.3) is 0 Å². The molecular weight excluding hydrogens is 427 g/mol. The predicted molar refractivity (Wildman–Crippen MR) is 101 cm³/mol. The van der Waals surface area contributed by atoms with Gasteiger partial charge < -0.3 is 15.4 Å². The SMILES string of the molecule is CC1(c2ccc(OC(F)F)cc2)NC(=O)N(CC(=O)Nc2ccc(F)c(Cl)c2)C1=O. The van der Waals surface area contributed by atoms with Crippen molar-refractivity contribution in [2.75, 3.05) is 11.9 Å². The molecule has 30 heavy (non-hydrogen) atoms. The summed E-state index contributed by atoms with van der Waals surface area (Å²) in [4.78, 5) is 38.1. The summed E-state index contributed by atoms with van der Waals surface area (Å²) in [5.41, 5.74) is -0.994. The van der Waals surface area contributed by atoms with Crippen molar-refractivity contribution < 1.29 is 32.3 Å². The van der Waals surface area contributed by atoms with E-state index in [1.807, 2.05) is 0 Å². The van der Waals surface area contributed by atoms with Gasteiger partial charge >= 0.3 is 12.6 Å². The molecule has 0 aromatic heterocycles. The van der Waals surface area contributed by atoms with E-state index < -0.39 is 42.4 Å². The molecule has 1 aliphatic rings. The third kappa shape index (κ3) is 4.33. The summed E-state index contributed by atoms with van der Waals surface area (Å²) in [5.74, 6) is -2.18. The Morgan fingerprint density at radius 3 is 2.50 bits per heavy atom. The van der Waals surface area contributed by atoms with Crippen molar-refractivity contribution in [3.05, 3.63) is 58.9 Å². The number of nitrogens with one attached hydrogen (secondary N) is 2. The Labute approximate surface area is 173 Å². The number of benzene rings is 2. The number of anilines is 1. The quantitative estimate of drug-likeness (QED) is 0.672. The van der Waals surface area contributed by atoms with Crippen LogP contribution >= 0.6 is 11.6 Å². The molecule has 4 amide bonds. The van der Waals surface area contributed by atoms with Gasteiger partial charge in [0.25, 0.3) is 5.91 Å². The summed E-state index contributed by atoms with van der Waals surface area (Å²) in [6.07, 6.45) is 0. The number of hydrogen-bond donors (Lipinski definition) is 2. The first-order valence-corrected chi connectivity index (χ1v) is 8.92. The molecule has 2 aromatic carbocycles. The first kappa shape index (κ1) is 21.4. The Morgan fingerprint density at radius 2 is 1.90 bits per heavy atom. The lowest BCUT2D eigenvalue weighted by atomic mass is 9.92. The molecule has 0 saturated carbocycles. The van der Waals surface area contributed by atoms with Crippen LogP contribution in [0.15, 0.2) is 42.5 Å². The third-order valence-electron chi connectivity index (χ3n) is 4.44. The number of hydrogen-bond acceptors (Lipinski definition) is 4. The number of carbonyl (C=O) groups excluding carboxylic acids is 3. The van der Waals surface area contributed by atoms with Gasteiger partial charge in [0.15, 0.2) is 0 Å². The summed E-state index contributed by atoms with van der Waals surface area (Å²) in [6, 6.07) is 7.91. The zero-order valence-corrected chi connectivity index (χ0v) is 16.2. The third-order valence-corrected chi connectivity index (χ3v) is 4.73. The van der Waals surface area contributed by atoms with Gasteiger partial charge in [0, 0.05) is 5.69 Å². The van der Waals surface area contributed by atoms with E-state index in [0.29, 0.717) is 10.5 Å². The summed E-state index contributed by atoms with van der Waals surface area (Å²) >= 11 is 5.65. The monoisotopic (exact) mass is 441 g/mol. The van der Waals surface area contributed by atoms with Gasteiger partial charge in [-0.1, -0.05) is 23.7 Å². The number of alkyl halides is 2. The number of halogens is 4. The van der Waals surface area contributed by atoms with Crippen molar-refractivity contribution in [3.63, 3.8) is 0 Å². The summed E-state index contributed by atoms with van der Waals surface area (Å²) in [7, 11) is 0. The first-order valence-electron chi connectivity index (χ1n) is 8.54. The molecule has 1 atom stereocenters. The summed E-state index contributed by atoms with van der Waals surface area (Å²) in [6.45, 7) is -2.17. The molecule has 7 nitrogen and oxygen atoms in total. The second-order valence-electron chi connectivity index (χ2n) is 6.53. The standard InChI is InChI=1S/C19H15ClF3N3O4/c1-19(10-2-5-12(6-3-10)30-17(22)23)16(28)26(18(29)25-19)9-15(27)24-11-4-7-14(21)13(20)8-11/h2-8,17H,9H2,1H3,(H,24,27)(H,25,29). The van der Waals surface area contributed by atoms with Crippen molar-refractivity contribution in [1.29, 1.82) is 0 Å². The first-order chi connectivity index (χ1) is 14.1. The molecule has 0 radical (unpaired) electrons. The average molecular weight is 442 g/mol. The van der Waals surface area contributed by atoms with Crippen LogP contribution in [0.4, 0.5) is 23.7 Å². The van der Waals surface area contributed by atoms with Gasteiger partial charge in [-0.05, 0) is 42.8 Å². The highest BCUT2D eigenvalue weighted by Gasteiger charge is 2.49. The highest BCUT2D eigenvalue weighted by molar-refractivity contribution is 6.31. The fourth-order valence-corrected chi connectivity index (χ4v) is 3.10. The maximum Gasteiger partial charge on any atom is 0.387 e. The van der Waals surface area contributed by atoms with Crippen LogP contribution in [-0.2, 0) is 15.1 Å². The van der Waals surface area contributed by atoms with E-state index in [4.69, 9.17) is 11.6 Å². The van der Waals surface area contributed by atoms with Crippen molar-refractivity contribution in [2.45, 2.75) is 19.1 Å². The van der Waals surface area contributed by atoms with Crippen LogP contribution in [0, 0.1) is 5.82 Å². The lowest BCUT2D eigenvalue weighted by molar-refractivity contribution is -0.133. The van der Waals surface area contributed by atoms with Gasteiger partial charge in [-0.2, -0.15) is 8.78 Å². The van der Waals surface area contributed by atoms with Gasteiger partial charge in [0.1, 0.15) is 23.7 Å². The highest BCUT2D eigenvalue weighted by atomic mass is 35.5. The average Bonchev–Trinajstić information content (AvgIpc) is 2.89. The van der Waals surface area contributed by atoms with Gasteiger partial charge in [0.05, 0.1) is 5.02 Å². The molecule has 2 N–H and O–H groups in total. The Bertz CT molecular complexity index is 1000. The fourth-order valence-electron chi connectivity index (χ4n) is 2.92. The molecule has 0 aliphatic carbocycles. The number of carbonyl (C=O) groups is 3. The van der Waals surface area contributed by atoms with Crippen LogP contribution in [0.1, 0.15) is 12.5 Å². The minimum atomic E-state index is -3.00. The fraction of sp³-hybridized carbons (Fsp3) is 0.211. The number of nitrogens with zero attached hydrogens (tertiary/aromatic N) is 1. The molecule has 1 saturated heterocycles. The molecule has 2 aromatic rings. The second-order valence-corrected chi connectivity index (χ2v) is 6.93. The van der Waals surface area contributed by atoms with Crippen molar-refractivity contribution in [3.8, 4) is 5.75 Å². The van der Waals surface area contributed by atoms with Crippen molar-refractivity contribution in [2.24, 2.45) is 0 Å². The summed E-state index contributed by atoms with van der Waals surface area (Å²) in [5, 5.41) is 4.71. The minimum absolute atomic E-state index is 0.108.